The average molecular weight is 637 g/mol. The Hall–Kier alpha value is -4.47. The van der Waals surface area contributed by atoms with Crippen LogP contribution < -0.4 is 26.8 Å². The van der Waals surface area contributed by atoms with Gasteiger partial charge in [0.05, 0.1) is 21.3 Å². The van der Waals surface area contributed by atoms with Gasteiger partial charge in [-0.05, 0) is 84.9 Å². The molecule has 0 radical (unpaired) electrons. The first-order chi connectivity index (χ1) is 19.9. The molecule has 4 aromatic rings. The molecule has 0 aliphatic rings. The summed E-state index contributed by atoms with van der Waals surface area (Å²) < 4.78 is 110. The number of methoxy groups -OCH3 is 3. The highest BCUT2D eigenvalue weighted by Gasteiger charge is 2.29. The van der Waals surface area contributed by atoms with E-state index in [-0.39, 0.29) is 14.7 Å². The molecule has 0 fully saturated rings. The van der Waals surface area contributed by atoms with Gasteiger partial charge in [-0.1, -0.05) is 6.07 Å². The zero-order chi connectivity index (χ0) is 30.5. The van der Waals surface area contributed by atoms with Crippen LogP contribution in [0.15, 0.2) is 106 Å². The number of rotatable bonds is 12. The van der Waals surface area contributed by atoms with Gasteiger partial charge in [-0.25, -0.2) is 0 Å². The summed E-state index contributed by atoms with van der Waals surface area (Å²) in [5.74, 6) is -1.04. The molecule has 0 spiro atoms. The molecule has 0 atom stereocenters. The molecule has 0 aliphatic carbocycles. The Morgan fingerprint density at radius 2 is 0.690 bits per heavy atom. The Labute approximate surface area is 243 Å². The standard InChI is InChI=1S/C27H24O12S3/c1-34-19-7-13-22(14-8-19)40(28,29)37-25-5-4-6-26(38-41(30,31)23-15-9-20(35-2)10-16-23)27(25)39-42(32,33)24-17-11-21(36-3)12-18-24/h4-18H,1-3H3. The molecule has 0 saturated carbocycles. The molecule has 0 aliphatic heterocycles. The Morgan fingerprint density at radius 1 is 0.405 bits per heavy atom. The molecule has 15 heteroatoms. The van der Waals surface area contributed by atoms with Crippen LogP contribution in [0, 0.1) is 0 Å². The molecule has 0 saturated heterocycles. The third-order valence-corrected chi connectivity index (χ3v) is 9.31. The van der Waals surface area contributed by atoms with Crippen LogP contribution >= 0.6 is 0 Å². The van der Waals surface area contributed by atoms with Gasteiger partial charge in [0.1, 0.15) is 31.9 Å². The van der Waals surface area contributed by atoms with Crippen molar-refractivity contribution in [3.05, 3.63) is 91.0 Å². The van der Waals surface area contributed by atoms with Crippen LogP contribution in [0.5, 0.6) is 34.5 Å². The van der Waals surface area contributed by atoms with E-state index in [2.05, 4.69) is 0 Å². The first-order valence-corrected chi connectivity index (χ1v) is 16.0. The van der Waals surface area contributed by atoms with Crippen molar-refractivity contribution >= 4 is 30.4 Å². The topological polar surface area (TPSA) is 158 Å². The second kappa shape index (κ2) is 12.2. The van der Waals surface area contributed by atoms with E-state index in [1.807, 2.05) is 0 Å². The lowest BCUT2D eigenvalue weighted by atomic mass is 10.3. The van der Waals surface area contributed by atoms with Crippen molar-refractivity contribution in [2.24, 2.45) is 0 Å². The fourth-order valence-corrected chi connectivity index (χ4v) is 6.24. The van der Waals surface area contributed by atoms with Crippen molar-refractivity contribution < 1.29 is 52.0 Å². The van der Waals surface area contributed by atoms with Crippen LogP contribution in [0.3, 0.4) is 0 Å². The quantitative estimate of drug-likeness (QED) is 0.206. The first-order valence-electron chi connectivity index (χ1n) is 11.8. The SMILES string of the molecule is COc1ccc(S(=O)(=O)Oc2cccc(OS(=O)(=O)c3ccc(OC)cc3)c2OS(=O)(=O)c2ccc(OC)cc2)cc1. The van der Waals surface area contributed by atoms with Crippen LogP contribution in [-0.2, 0) is 30.4 Å². The predicted octanol–water partition coefficient (Wildman–Crippen LogP) is 4.02. The van der Waals surface area contributed by atoms with Gasteiger partial charge in [0.25, 0.3) is 0 Å². The number of benzene rings is 4. The van der Waals surface area contributed by atoms with E-state index in [0.717, 1.165) is 12.1 Å². The third-order valence-electron chi connectivity index (χ3n) is 5.58. The fourth-order valence-electron chi connectivity index (χ4n) is 3.43. The van der Waals surface area contributed by atoms with Crippen molar-refractivity contribution in [2.45, 2.75) is 14.7 Å². The summed E-state index contributed by atoms with van der Waals surface area (Å²) in [6, 6.07) is 18.8. The van der Waals surface area contributed by atoms with E-state index in [9.17, 15) is 25.3 Å². The molecule has 12 nitrogen and oxygen atoms in total. The minimum absolute atomic E-state index is 0.301. The van der Waals surface area contributed by atoms with Crippen molar-refractivity contribution in [3.8, 4) is 34.5 Å². The van der Waals surface area contributed by atoms with E-state index in [1.54, 1.807) is 0 Å². The second-order valence-electron chi connectivity index (χ2n) is 8.22. The van der Waals surface area contributed by atoms with E-state index in [1.165, 1.54) is 100 Å². The predicted molar refractivity (Wildman–Crippen MR) is 149 cm³/mol. The number of ether oxygens (including phenoxy) is 3. The number of hydrogen-bond acceptors (Lipinski definition) is 12. The maximum absolute atomic E-state index is 13.2. The molecule has 222 valence electrons. The van der Waals surface area contributed by atoms with E-state index in [4.69, 9.17) is 26.8 Å². The highest BCUT2D eigenvalue weighted by atomic mass is 32.2. The summed E-state index contributed by atoms with van der Waals surface area (Å²) in [5.41, 5.74) is 0. The third kappa shape index (κ3) is 6.87. The zero-order valence-electron chi connectivity index (χ0n) is 22.3. The monoisotopic (exact) mass is 636 g/mol. The lowest BCUT2D eigenvalue weighted by Crippen LogP contribution is -2.16. The Balaban J connectivity index is 1.79. The van der Waals surface area contributed by atoms with Gasteiger partial charge >= 0.3 is 30.4 Å². The van der Waals surface area contributed by atoms with Crippen LogP contribution in [-0.4, -0.2) is 46.6 Å². The van der Waals surface area contributed by atoms with Crippen molar-refractivity contribution in [2.75, 3.05) is 21.3 Å². The normalized spacial score (nSPS) is 11.8. The molecule has 4 aromatic carbocycles. The van der Waals surface area contributed by atoms with Gasteiger partial charge < -0.3 is 26.8 Å². The molecule has 42 heavy (non-hydrogen) atoms. The van der Waals surface area contributed by atoms with E-state index < -0.39 is 47.6 Å². The van der Waals surface area contributed by atoms with Crippen LogP contribution in [0.25, 0.3) is 0 Å². The van der Waals surface area contributed by atoms with Crippen molar-refractivity contribution in [3.63, 3.8) is 0 Å². The minimum atomic E-state index is -4.68. The fraction of sp³-hybridized carbons (Fsp3) is 0.111. The summed E-state index contributed by atoms with van der Waals surface area (Å²) in [6.45, 7) is 0. The van der Waals surface area contributed by atoms with Gasteiger partial charge in [-0.2, -0.15) is 25.3 Å². The van der Waals surface area contributed by atoms with Crippen LogP contribution in [0.2, 0.25) is 0 Å². The Morgan fingerprint density at radius 3 is 0.976 bits per heavy atom. The van der Waals surface area contributed by atoms with Crippen molar-refractivity contribution in [1.29, 1.82) is 0 Å². The molecule has 0 amide bonds. The molecule has 0 unspecified atom stereocenters. The van der Waals surface area contributed by atoms with Gasteiger partial charge in [-0.15, -0.1) is 0 Å². The summed E-state index contributed by atoms with van der Waals surface area (Å²) in [4.78, 5) is -0.950. The minimum Gasteiger partial charge on any atom is -0.497 e. The lowest BCUT2D eigenvalue weighted by molar-refractivity contribution is 0.413. The Kier molecular flexibility index (Phi) is 8.84. The number of hydrogen-bond donors (Lipinski definition) is 0. The molecule has 0 N–H and O–H groups in total. The summed E-state index contributed by atoms with van der Waals surface area (Å²) in [6.07, 6.45) is 0. The second-order valence-corrected chi connectivity index (χ2v) is 12.9. The van der Waals surface area contributed by atoms with Gasteiger partial charge in [0.2, 0.25) is 5.75 Å². The summed E-state index contributed by atoms with van der Waals surface area (Å²) in [5, 5.41) is 0. The van der Waals surface area contributed by atoms with Gasteiger partial charge in [0.15, 0.2) is 11.5 Å². The highest BCUT2D eigenvalue weighted by molar-refractivity contribution is 7.87. The molecule has 4 rings (SSSR count). The molecular formula is C27H24O12S3. The zero-order valence-corrected chi connectivity index (χ0v) is 24.7. The average Bonchev–Trinajstić information content (AvgIpc) is 2.98. The van der Waals surface area contributed by atoms with Gasteiger partial charge in [-0.3, -0.25) is 0 Å². The molecular weight excluding hydrogens is 612 g/mol. The van der Waals surface area contributed by atoms with Crippen LogP contribution in [0.4, 0.5) is 0 Å². The van der Waals surface area contributed by atoms with E-state index in [0.29, 0.717) is 17.2 Å². The maximum Gasteiger partial charge on any atom is 0.339 e. The highest BCUT2D eigenvalue weighted by Crippen LogP contribution is 2.42. The molecule has 0 heterocycles. The molecule has 0 aromatic heterocycles. The lowest BCUT2D eigenvalue weighted by Gasteiger charge is -2.16. The summed E-state index contributed by atoms with van der Waals surface area (Å²) in [7, 11) is -9.64. The van der Waals surface area contributed by atoms with Crippen molar-refractivity contribution in [1.82, 2.24) is 0 Å². The largest absolute Gasteiger partial charge is 0.497 e. The van der Waals surface area contributed by atoms with Crippen LogP contribution in [0.1, 0.15) is 0 Å². The van der Waals surface area contributed by atoms with Gasteiger partial charge in [0, 0.05) is 0 Å². The first kappa shape index (κ1) is 30.5. The molecule has 0 bridgehead atoms. The smallest absolute Gasteiger partial charge is 0.339 e. The summed E-state index contributed by atoms with van der Waals surface area (Å²) >= 11 is 0. The Bertz CT molecular complexity index is 1770. The maximum atomic E-state index is 13.2. The van der Waals surface area contributed by atoms with E-state index >= 15 is 0 Å². The number of para-hydroxylation sites is 1.